The first-order valence-electron chi connectivity index (χ1n) is 6.69. The van der Waals surface area contributed by atoms with E-state index in [1.54, 1.807) is 11.7 Å². The van der Waals surface area contributed by atoms with Gasteiger partial charge in [0, 0.05) is 31.4 Å². The van der Waals surface area contributed by atoms with Gasteiger partial charge in [0.15, 0.2) is 0 Å². The summed E-state index contributed by atoms with van der Waals surface area (Å²) in [5.41, 5.74) is 1.50. The molecule has 8 heteroatoms. The maximum absolute atomic E-state index is 12.1. The Kier molecular flexibility index (Phi) is 4.40. The van der Waals surface area contributed by atoms with Gasteiger partial charge in [0.2, 0.25) is 0 Å². The topological polar surface area (TPSA) is 110 Å². The van der Waals surface area contributed by atoms with Gasteiger partial charge in [-0.25, -0.2) is 0 Å². The number of phenolic OH excluding ortho intramolecular Hbond substituents is 1. The van der Waals surface area contributed by atoms with Gasteiger partial charge in [-0.3, -0.25) is 19.6 Å². The summed E-state index contributed by atoms with van der Waals surface area (Å²) < 4.78 is 1.67. The molecule has 0 aliphatic heterocycles. The van der Waals surface area contributed by atoms with Gasteiger partial charge in [-0.05, 0) is 12.5 Å². The van der Waals surface area contributed by atoms with Crippen LogP contribution in [-0.4, -0.2) is 25.7 Å². The number of nitro groups is 1. The predicted octanol–water partition coefficient (Wildman–Crippen LogP) is 1.53. The SMILES string of the molecule is CCc1nn(C)cc1CNC(=O)c1ccc([N+](=O)[O-])cc1O. The van der Waals surface area contributed by atoms with E-state index >= 15 is 0 Å². The molecule has 1 amide bonds. The lowest BCUT2D eigenvalue weighted by Gasteiger charge is -2.06. The normalized spacial score (nSPS) is 10.5. The van der Waals surface area contributed by atoms with Crippen molar-refractivity contribution in [1.82, 2.24) is 15.1 Å². The van der Waals surface area contributed by atoms with Crippen molar-refractivity contribution in [2.75, 3.05) is 0 Å². The summed E-state index contributed by atoms with van der Waals surface area (Å²) in [4.78, 5) is 22.0. The van der Waals surface area contributed by atoms with Crippen LogP contribution in [0, 0.1) is 10.1 Å². The highest BCUT2D eigenvalue weighted by Gasteiger charge is 2.16. The summed E-state index contributed by atoms with van der Waals surface area (Å²) in [6, 6.07) is 3.36. The molecule has 0 unspecified atom stereocenters. The van der Waals surface area contributed by atoms with E-state index in [1.807, 2.05) is 13.1 Å². The van der Waals surface area contributed by atoms with Crippen molar-refractivity contribution in [1.29, 1.82) is 0 Å². The average molecular weight is 304 g/mol. The van der Waals surface area contributed by atoms with Crippen LogP contribution in [0.15, 0.2) is 24.4 Å². The average Bonchev–Trinajstić information content (AvgIpc) is 2.84. The Labute approximate surface area is 126 Å². The lowest BCUT2D eigenvalue weighted by atomic mass is 10.1. The third kappa shape index (κ3) is 3.22. The zero-order valence-corrected chi connectivity index (χ0v) is 12.2. The van der Waals surface area contributed by atoms with E-state index in [0.29, 0.717) is 0 Å². The molecule has 0 aliphatic carbocycles. The Hall–Kier alpha value is -2.90. The molecule has 1 aromatic carbocycles. The second kappa shape index (κ2) is 6.25. The number of hydrogen-bond donors (Lipinski definition) is 2. The first kappa shape index (κ1) is 15.5. The molecule has 22 heavy (non-hydrogen) atoms. The number of carbonyl (C=O) groups excluding carboxylic acids is 1. The maximum Gasteiger partial charge on any atom is 0.273 e. The third-order valence-corrected chi connectivity index (χ3v) is 3.20. The number of phenols is 1. The van der Waals surface area contributed by atoms with Crippen molar-refractivity contribution in [3.8, 4) is 5.75 Å². The van der Waals surface area contributed by atoms with Gasteiger partial charge >= 0.3 is 0 Å². The molecule has 0 saturated carbocycles. The van der Waals surface area contributed by atoms with Crippen molar-refractivity contribution in [3.05, 3.63) is 51.3 Å². The van der Waals surface area contributed by atoms with Gasteiger partial charge in [-0.2, -0.15) is 5.10 Å². The molecule has 116 valence electrons. The molecule has 1 aromatic heterocycles. The molecule has 0 saturated heterocycles. The third-order valence-electron chi connectivity index (χ3n) is 3.20. The molecule has 0 radical (unpaired) electrons. The van der Waals surface area contributed by atoms with Crippen molar-refractivity contribution in [2.24, 2.45) is 7.05 Å². The standard InChI is InChI=1S/C14H16N4O4/c1-3-12-9(8-17(2)16-12)7-15-14(20)11-5-4-10(18(21)22)6-13(11)19/h4-6,8,19H,3,7H2,1-2H3,(H,15,20). The first-order chi connectivity index (χ1) is 10.4. The van der Waals surface area contributed by atoms with E-state index in [2.05, 4.69) is 10.4 Å². The zero-order chi connectivity index (χ0) is 16.3. The van der Waals surface area contributed by atoms with Crippen molar-refractivity contribution in [2.45, 2.75) is 19.9 Å². The minimum absolute atomic E-state index is 0.00691. The largest absolute Gasteiger partial charge is 0.507 e. The van der Waals surface area contributed by atoms with E-state index in [4.69, 9.17) is 0 Å². The monoisotopic (exact) mass is 304 g/mol. The first-order valence-corrected chi connectivity index (χ1v) is 6.69. The number of non-ortho nitro benzene ring substituents is 1. The number of nitrogens with one attached hydrogen (secondary N) is 1. The molecule has 0 fully saturated rings. The number of aromatic nitrogens is 2. The highest BCUT2D eigenvalue weighted by atomic mass is 16.6. The second-order valence-corrected chi connectivity index (χ2v) is 4.77. The minimum atomic E-state index is -0.634. The van der Waals surface area contributed by atoms with Crippen LogP contribution >= 0.6 is 0 Å². The summed E-state index contributed by atoms with van der Waals surface area (Å²) in [7, 11) is 1.80. The Morgan fingerprint density at radius 2 is 2.23 bits per heavy atom. The Balaban J connectivity index is 2.11. The highest BCUT2D eigenvalue weighted by molar-refractivity contribution is 5.97. The summed E-state index contributed by atoms with van der Waals surface area (Å²) in [6.07, 6.45) is 2.56. The predicted molar refractivity (Wildman–Crippen MR) is 78.5 cm³/mol. The molecule has 0 atom stereocenters. The zero-order valence-electron chi connectivity index (χ0n) is 12.2. The maximum atomic E-state index is 12.1. The molecule has 2 N–H and O–H groups in total. The number of benzene rings is 1. The Morgan fingerprint density at radius 3 is 2.82 bits per heavy atom. The van der Waals surface area contributed by atoms with E-state index in [-0.39, 0.29) is 17.8 Å². The van der Waals surface area contributed by atoms with Crippen LogP contribution in [0.5, 0.6) is 5.75 Å². The molecule has 0 spiro atoms. The van der Waals surface area contributed by atoms with E-state index in [9.17, 15) is 20.0 Å². The summed E-state index contributed by atoms with van der Waals surface area (Å²) in [5, 5.41) is 27.3. The van der Waals surface area contributed by atoms with Crippen LogP contribution in [0.25, 0.3) is 0 Å². The number of carbonyl (C=O) groups is 1. The van der Waals surface area contributed by atoms with Crippen molar-refractivity contribution in [3.63, 3.8) is 0 Å². The molecule has 1 heterocycles. The lowest BCUT2D eigenvalue weighted by Crippen LogP contribution is -2.23. The summed E-state index contributed by atoms with van der Waals surface area (Å²) >= 11 is 0. The summed E-state index contributed by atoms with van der Waals surface area (Å²) in [5.74, 6) is -0.924. The number of hydrogen-bond acceptors (Lipinski definition) is 5. The summed E-state index contributed by atoms with van der Waals surface area (Å²) in [6.45, 7) is 2.24. The molecule has 8 nitrogen and oxygen atoms in total. The van der Waals surface area contributed by atoms with E-state index < -0.39 is 16.6 Å². The molecule has 2 rings (SSSR count). The number of nitrogens with zero attached hydrogens (tertiary/aromatic N) is 3. The van der Waals surface area contributed by atoms with E-state index in [1.165, 1.54) is 12.1 Å². The molecule has 2 aromatic rings. The van der Waals surface area contributed by atoms with Crippen molar-refractivity contribution < 1.29 is 14.8 Å². The minimum Gasteiger partial charge on any atom is -0.507 e. The fraction of sp³-hybridized carbons (Fsp3) is 0.286. The van der Waals surface area contributed by atoms with Gasteiger partial charge in [0.05, 0.1) is 22.2 Å². The molecular formula is C14H16N4O4. The smallest absolute Gasteiger partial charge is 0.273 e. The highest BCUT2D eigenvalue weighted by Crippen LogP contribution is 2.23. The van der Waals surface area contributed by atoms with Crippen LogP contribution in [-0.2, 0) is 20.0 Å². The van der Waals surface area contributed by atoms with Crippen LogP contribution in [0.3, 0.4) is 0 Å². The quantitative estimate of drug-likeness (QED) is 0.643. The fourth-order valence-electron chi connectivity index (χ4n) is 2.13. The lowest BCUT2D eigenvalue weighted by molar-refractivity contribution is -0.384. The van der Waals surface area contributed by atoms with E-state index in [0.717, 1.165) is 23.7 Å². The molecule has 0 bridgehead atoms. The fourth-order valence-corrected chi connectivity index (χ4v) is 2.13. The Bertz CT molecular complexity index is 724. The van der Waals surface area contributed by atoms with Crippen molar-refractivity contribution >= 4 is 11.6 Å². The van der Waals surface area contributed by atoms with Crippen LogP contribution < -0.4 is 5.32 Å². The Morgan fingerprint density at radius 1 is 1.50 bits per heavy atom. The van der Waals surface area contributed by atoms with Gasteiger partial charge in [-0.15, -0.1) is 0 Å². The number of rotatable bonds is 5. The van der Waals surface area contributed by atoms with Crippen LogP contribution in [0.2, 0.25) is 0 Å². The van der Waals surface area contributed by atoms with Gasteiger partial charge in [0.25, 0.3) is 11.6 Å². The van der Waals surface area contributed by atoms with Gasteiger partial charge in [0.1, 0.15) is 5.75 Å². The number of amides is 1. The number of nitro benzene ring substituents is 1. The number of aryl methyl sites for hydroxylation is 2. The van der Waals surface area contributed by atoms with Gasteiger partial charge < -0.3 is 10.4 Å². The molecule has 0 aliphatic rings. The number of aromatic hydroxyl groups is 1. The van der Waals surface area contributed by atoms with Gasteiger partial charge in [-0.1, -0.05) is 6.92 Å². The molecular weight excluding hydrogens is 288 g/mol. The van der Waals surface area contributed by atoms with Crippen LogP contribution in [0.1, 0.15) is 28.5 Å². The van der Waals surface area contributed by atoms with Crippen LogP contribution in [0.4, 0.5) is 5.69 Å². The second-order valence-electron chi connectivity index (χ2n) is 4.77.